The Balaban J connectivity index is 0.000000202. The molecule has 0 saturated heterocycles. The van der Waals surface area contributed by atoms with Gasteiger partial charge >= 0.3 is 0 Å². The van der Waals surface area contributed by atoms with Crippen molar-refractivity contribution in [2.24, 2.45) is 0 Å². The molecule has 148 valence electrons. The lowest BCUT2D eigenvalue weighted by atomic mass is 10.3. The summed E-state index contributed by atoms with van der Waals surface area (Å²) in [7, 11) is -9.48. The van der Waals surface area contributed by atoms with E-state index in [2.05, 4.69) is 34.2 Å². The number of hydrogen-bond acceptors (Lipinski definition) is 8. The molecular weight excluding hydrogens is 426 g/mol. The lowest BCUT2D eigenvalue weighted by Crippen LogP contribution is -2.06. The summed E-state index contributed by atoms with van der Waals surface area (Å²) in [5.74, 6) is 0. The van der Waals surface area contributed by atoms with E-state index < -0.39 is 35.7 Å². The number of hydrogen-bond donors (Lipinski definition) is 1. The van der Waals surface area contributed by atoms with Gasteiger partial charge in [0.15, 0.2) is 24.8 Å². The van der Waals surface area contributed by atoms with Crippen molar-refractivity contribution in [3.05, 3.63) is 67.3 Å². The van der Waals surface area contributed by atoms with Crippen LogP contribution in [-0.4, -0.2) is 25.9 Å². The predicted molar refractivity (Wildman–Crippen MR) is 96.9 cm³/mol. The number of nitrogens with one attached hydrogen (secondary N) is 2. The van der Waals surface area contributed by atoms with Gasteiger partial charge in [0, 0.05) is 34.1 Å². The van der Waals surface area contributed by atoms with Crippen molar-refractivity contribution in [3.8, 4) is 0 Å². The Morgan fingerprint density at radius 2 is 1.21 bits per heavy atom. The number of aromatic amines is 2. The summed E-state index contributed by atoms with van der Waals surface area (Å²) in [6, 6.07) is 10.3. The van der Waals surface area contributed by atoms with E-state index in [1.807, 2.05) is 24.8 Å². The molecule has 0 aliphatic heterocycles. The fourth-order valence-corrected chi connectivity index (χ4v) is 3.83. The summed E-state index contributed by atoms with van der Waals surface area (Å²) in [6.45, 7) is 0. The molecule has 3 aromatic rings. The molecule has 2 heterocycles. The normalized spacial score (nSPS) is 11.4. The minimum atomic E-state index is -4.77. The van der Waals surface area contributed by atoms with Crippen molar-refractivity contribution in [1.82, 2.24) is 0 Å². The Morgan fingerprint density at radius 1 is 0.750 bits per heavy atom. The number of rotatable bonds is 4. The fraction of sp³-hybridized carbons (Fsp3) is 0. The Kier molecular flexibility index (Phi) is 7.10. The van der Waals surface area contributed by atoms with Gasteiger partial charge in [-0.1, -0.05) is 11.8 Å². The third-order valence-corrected chi connectivity index (χ3v) is 5.91. The molecule has 0 bridgehead atoms. The van der Waals surface area contributed by atoms with E-state index >= 15 is 0 Å². The predicted octanol–water partition coefficient (Wildman–Crippen LogP) is 0.543. The molecule has 0 radical (unpaired) electrons. The number of pyridine rings is 2. The zero-order chi connectivity index (χ0) is 20.8. The maximum absolute atomic E-state index is 10.6. The minimum absolute atomic E-state index is 0.568. The van der Waals surface area contributed by atoms with Crippen molar-refractivity contribution < 1.29 is 35.9 Å². The number of aromatic nitrogens is 2. The molecule has 0 spiro atoms. The van der Waals surface area contributed by atoms with E-state index in [1.165, 1.54) is 9.79 Å². The van der Waals surface area contributed by atoms with Gasteiger partial charge in [0.1, 0.15) is 20.2 Å². The van der Waals surface area contributed by atoms with Crippen LogP contribution in [0.25, 0.3) is 0 Å². The summed E-state index contributed by atoms with van der Waals surface area (Å²) < 4.78 is 63.2. The van der Waals surface area contributed by atoms with Gasteiger partial charge in [0.05, 0.1) is 15.5 Å². The van der Waals surface area contributed by atoms with Crippen LogP contribution in [0, 0.1) is 0 Å². The van der Waals surface area contributed by atoms with E-state index in [1.54, 1.807) is 11.8 Å². The molecule has 9 nitrogen and oxygen atoms in total. The van der Waals surface area contributed by atoms with Gasteiger partial charge in [-0.3, -0.25) is 0 Å². The monoisotopic (exact) mass is 441 g/mol. The van der Waals surface area contributed by atoms with Crippen LogP contribution in [0.4, 0.5) is 5.69 Å². The number of nitrogen functional groups attached to an aromatic ring is 1. The highest BCUT2D eigenvalue weighted by Crippen LogP contribution is 2.25. The molecule has 0 amide bonds. The Morgan fingerprint density at radius 3 is 1.57 bits per heavy atom. The first kappa shape index (κ1) is 21.8. The third-order valence-electron chi connectivity index (χ3n) is 3.15. The largest absolute Gasteiger partial charge is 0.744 e. The smallest absolute Gasteiger partial charge is 0.168 e. The van der Waals surface area contributed by atoms with Gasteiger partial charge in [-0.25, -0.2) is 26.8 Å². The minimum Gasteiger partial charge on any atom is -0.744 e. The number of anilines is 1. The van der Waals surface area contributed by atoms with E-state index in [0.29, 0.717) is 18.2 Å². The van der Waals surface area contributed by atoms with Crippen molar-refractivity contribution in [1.29, 1.82) is 0 Å². The van der Waals surface area contributed by atoms with Crippen LogP contribution >= 0.6 is 11.8 Å². The van der Waals surface area contributed by atoms with Crippen molar-refractivity contribution in [2.45, 2.75) is 19.6 Å². The van der Waals surface area contributed by atoms with Crippen molar-refractivity contribution in [3.63, 3.8) is 0 Å². The van der Waals surface area contributed by atoms with Gasteiger partial charge in [0.2, 0.25) is 0 Å². The van der Waals surface area contributed by atoms with Gasteiger partial charge in [-0.2, -0.15) is 0 Å². The quantitative estimate of drug-likeness (QED) is 0.452. The first-order valence-corrected chi connectivity index (χ1v) is 11.1. The summed E-state index contributed by atoms with van der Waals surface area (Å²) >= 11 is 1.75. The molecule has 28 heavy (non-hydrogen) atoms. The SMILES string of the molecule is Nc1cc(S(=O)(=O)[O-])ccc1S(=O)(=O)[O-].c1cc(Sc2cc[nH+]cc2)cc[nH+]1. The zero-order valence-corrected chi connectivity index (χ0v) is 16.6. The van der Waals surface area contributed by atoms with Crippen LogP contribution in [0.2, 0.25) is 0 Å². The average molecular weight is 442 g/mol. The van der Waals surface area contributed by atoms with E-state index in [9.17, 15) is 25.9 Å². The molecule has 0 aliphatic rings. The molecule has 0 unspecified atom stereocenters. The number of H-pyrrole nitrogens is 2. The standard InChI is InChI=1S/C10H8N2S.C6H7NO6S2/c1-5-11-6-2-9(1)13-10-3-7-12-8-4-10;7-5-3-4(14(8,9)10)1-2-6(5)15(11,12)13/h1-8H;1-3H,7H2,(H,8,9,10)(H,11,12,13). The zero-order valence-electron chi connectivity index (χ0n) is 14.1. The van der Waals surface area contributed by atoms with Crippen LogP contribution < -0.4 is 15.7 Å². The second kappa shape index (κ2) is 9.12. The van der Waals surface area contributed by atoms with Gasteiger partial charge < -0.3 is 14.8 Å². The highest BCUT2D eigenvalue weighted by atomic mass is 32.2. The second-order valence-corrected chi connectivity index (χ2v) is 9.06. The first-order chi connectivity index (χ1) is 13.1. The van der Waals surface area contributed by atoms with Crippen LogP contribution in [0.3, 0.4) is 0 Å². The molecule has 4 N–H and O–H groups in total. The van der Waals surface area contributed by atoms with E-state index in [0.717, 1.165) is 0 Å². The summed E-state index contributed by atoms with van der Waals surface area (Å²) in [4.78, 5) is 7.04. The van der Waals surface area contributed by atoms with Gasteiger partial charge in [0.25, 0.3) is 0 Å². The molecule has 0 saturated carbocycles. The highest BCUT2D eigenvalue weighted by Gasteiger charge is 2.09. The van der Waals surface area contributed by atoms with E-state index in [-0.39, 0.29) is 0 Å². The third kappa shape index (κ3) is 6.58. The lowest BCUT2D eigenvalue weighted by Gasteiger charge is -2.12. The lowest BCUT2D eigenvalue weighted by molar-refractivity contribution is -0.378. The first-order valence-electron chi connectivity index (χ1n) is 7.49. The number of nitrogens with two attached hydrogens (primary N) is 1. The van der Waals surface area contributed by atoms with Crippen LogP contribution in [0.5, 0.6) is 0 Å². The summed E-state index contributed by atoms with van der Waals surface area (Å²) in [5.41, 5.74) is 4.55. The average Bonchev–Trinajstić information content (AvgIpc) is 2.62. The van der Waals surface area contributed by atoms with Crippen molar-refractivity contribution in [2.75, 3.05) is 5.73 Å². The second-order valence-electron chi connectivity index (χ2n) is 5.18. The van der Waals surface area contributed by atoms with Crippen LogP contribution in [0.15, 0.2) is 86.8 Å². The molecule has 0 atom stereocenters. The number of benzene rings is 1. The van der Waals surface area contributed by atoms with Gasteiger partial charge in [-0.15, -0.1) is 0 Å². The highest BCUT2D eigenvalue weighted by molar-refractivity contribution is 7.99. The fourth-order valence-electron chi connectivity index (χ4n) is 1.93. The van der Waals surface area contributed by atoms with Crippen molar-refractivity contribution >= 4 is 37.7 Å². The molecule has 0 fully saturated rings. The van der Waals surface area contributed by atoms with E-state index in [4.69, 9.17) is 5.73 Å². The summed E-state index contributed by atoms with van der Waals surface area (Å²) in [6.07, 6.45) is 7.71. The maximum Gasteiger partial charge on any atom is 0.168 e. The molecule has 12 heteroatoms. The topological polar surface area (TPSA) is 169 Å². The molecule has 0 aliphatic carbocycles. The molecular formula is C16H15N3O6S3. The summed E-state index contributed by atoms with van der Waals surface area (Å²) in [5, 5.41) is 0. The molecule has 1 aromatic carbocycles. The molecule has 3 rings (SSSR count). The molecule has 2 aromatic heterocycles. The van der Waals surface area contributed by atoms with Gasteiger partial charge in [-0.05, 0) is 18.2 Å². The van der Waals surface area contributed by atoms with Crippen LogP contribution in [0.1, 0.15) is 0 Å². The maximum atomic E-state index is 10.6. The van der Waals surface area contributed by atoms with Crippen LogP contribution in [-0.2, 0) is 20.2 Å². The Bertz CT molecular complexity index is 1100. The Hall–Kier alpha value is -2.51. The Labute approximate surface area is 166 Å².